The first-order valence-electron chi connectivity index (χ1n) is 2.67. The maximum absolute atomic E-state index is 8.52. The quantitative estimate of drug-likeness (QED) is 0.136. The number of hydrogen-bond donors (Lipinski definition) is 0. The second kappa shape index (κ2) is 20.9. The average molecular weight is 638 g/mol. The zero-order valence-corrected chi connectivity index (χ0v) is 16.4. The van der Waals surface area contributed by atoms with Gasteiger partial charge in [-0.15, -0.1) is 0 Å². The van der Waals surface area contributed by atoms with E-state index in [9.17, 15) is 0 Å². The van der Waals surface area contributed by atoms with Crippen molar-refractivity contribution in [1.29, 1.82) is 0 Å². The van der Waals surface area contributed by atoms with Gasteiger partial charge in [-0.3, -0.25) is 33.7 Å². The smallest absolute Gasteiger partial charge is 0.759 e. The molecule has 16 nitrogen and oxygen atoms in total. The fourth-order valence-electron chi connectivity index (χ4n) is 0. The Labute approximate surface area is 178 Å². The van der Waals surface area contributed by atoms with Gasteiger partial charge < -0.3 is 36.4 Å². The summed E-state index contributed by atoms with van der Waals surface area (Å²) in [4.78, 5) is 0. The Bertz CT molecular complexity index is 483. The molecule has 0 aliphatic heterocycles. The third kappa shape index (κ3) is 4940. The zero-order chi connectivity index (χ0) is 18.0. The molecule has 164 valence electrons. The van der Waals surface area contributed by atoms with E-state index in [1.165, 1.54) is 0 Å². The fraction of sp³-hybridized carbons (Fsp3) is 0. The molecule has 0 aliphatic rings. The first kappa shape index (κ1) is 50.0. The van der Waals surface area contributed by atoms with Gasteiger partial charge in [0.2, 0.25) is 0 Å². The van der Waals surface area contributed by atoms with Gasteiger partial charge in [-0.1, -0.05) is 0 Å². The zero-order valence-electron chi connectivity index (χ0n) is 9.37. The van der Waals surface area contributed by atoms with E-state index >= 15 is 0 Å². The van der Waals surface area contributed by atoms with E-state index in [4.69, 9.17) is 70.1 Å². The second-order valence-electron chi connectivity index (χ2n) is 1.63. The molecule has 0 amide bonds. The van der Waals surface area contributed by atoms with Gasteiger partial charge in [0.15, 0.2) is 0 Å². The molecule has 0 fully saturated rings. The van der Waals surface area contributed by atoms with E-state index in [0.29, 0.717) is 0 Å². The van der Waals surface area contributed by atoms with Gasteiger partial charge in [-0.05, 0) is 0 Å². The van der Waals surface area contributed by atoms with Crippen LogP contribution < -0.4 is 0 Å². The number of rotatable bonds is 0. The van der Waals surface area contributed by atoms with Crippen molar-refractivity contribution in [2.75, 3.05) is 0 Å². The van der Waals surface area contributed by atoms with E-state index in [0.717, 1.165) is 0 Å². The number of hydrogen-bond acceptors (Lipinski definition) is 16. The molecule has 0 atom stereocenters. The molecular weight excluding hydrogens is 638 g/mol. The van der Waals surface area contributed by atoms with Crippen molar-refractivity contribution in [3.63, 3.8) is 0 Å². The Morgan fingerprint density at radius 2 is 0.292 bits per heavy atom. The molecule has 4 radical (unpaired) electrons. The molecule has 0 saturated heterocycles. The third-order valence-corrected chi connectivity index (χ3v) is 0. The van der Waals surface area contributed by atoms with Crippen LogP contribution in [0.15, 0.2) is 0 Å². The summed E-state index contributed by atoms with van der Waals surface area (Å²) < 4.78 is 136. The van der Waals surface area contributed by atoms with E-state index < -0.39 is 41.6 Å². The van der Waals surface area contributed by atoms with Crippen LogP contribution in [0.25, 0.3) is 0 Å². The van der Waals surface area contributed by atoms with E-state index in [1.807, 2.05) is 0 Å². The summed E-state index contributed by atoms with van der Waals surface area (Å²) in [6.07, 6.45) is 0. The predicted octanol–water partition coefficient (Wildman–Crippen LogP) is -5.36. The first-order valence-corrected chi connectivity index (χ1v) is 8.00. The van der Waals surface area contributed by atoms with Crippen molar-refractivity contribution in [2.45, 2.75) is 0 Å². The first-order chi connectivity index (χ1) is 8.00. The molecular formula is Cu4O16S4. The van der Waals surface area contributed by atoms with Crippen molar-refractivity contribution < 1.29 is 138 Å². The van der Waals surface area contributed by atoms with E-state index in [1.54, 1.807) is 0 Å². The molecule has 0 aromatic rings. The van der Waals surface area contributed by atoms with Gasteiger partial charge >= 0.3 is 68.3 Å². The van der Waals surface area contributed by atoms with Crippen LogP contribution in [-0.4, -0.2) is 70.1 Å². The van der Waals surface area contributed by atoms with Gasteiger partial charge in [0.25, 0.3) is 0 Å². The molecule has 0 heterocycles. The minimum absolute atomic E-state index is 0. The maximum atomic E-state index is 8.52. The minimum atomic E-state index is -5.17. The Morgan fingerprint density at radius 1 is 0.292 bits per heavy atom. The predicted molar refractivity (Wildman–Crippen MR) is 41.9 cm³/mol. The van der Waals surface area contributed by atoms with Crippen molar-refractivity contribution in [2.24, 2.45) is 0 Å². The van der Waals surface area contributed by atoms with Crippen LogP contribution in [0.5, 0.6) is 0 Å². The molecule has 0 rings (SSSR count). The Kier molecular flexibility index (Phi) is 43.5. The van der Waals surface area contributed by atoms with Crippen LogP contribution in [0, 0.1) is 0 Å². The Morgan fingerprint density at radius 3 is 0.292 bits per heavy atom. The normalized spacial score (nSPS) is 9.67. The monoisotopic (exact) mass is 636 g/mol. The van der Waals surface area contributed by atoms with Crippen molar-refractivity contribution >= 4 is 41.6 Å². The third-order valence-electron chi connectivity index (χ3n) is 0. The summed E-state index contributed by atoms with van der Waals surface area (Å²) in [5.41, 5.74) is 0. The molecule has 0 saturated carbocycles. The minimum Gasteiger partial charge on any atom is -0.759 e. The van der Waals surface area contributed by atoms with Crippen LogP contribution in [0.1, 0.15) is 0 Å². The van der Waals surface area contributed by atoms with Crippen LogP contribution in [0.3, 0.4) is 0 Å². The summed E-state index contributed by atoms with van der Waals surface area (Å²) >= 11 is 0. The summed E-state index contributed by atoms with van der Waals surface area (Å²) in [5, 5.41) is 0. The van der Waals surface area contributed by atoms with Crippen LogP contribution >= 0.6 is 0 Å². The SMILES string of the molecule is O=S(=O)([O-])[O-].O=S(=O)([O-])[O-].O=S(=O)([O-])[O-].O=S(=O)([O-])[O-].[Cu+2].[Cu+2].[Cu+2].[Cu+2]. The molecule has 0 spiro atoms. The van der Waals surface area contributed by atoms with Gasteiger partial charge in [0.05, 0.1) is 0 Å². The molecule has 0 bridgehead atoms. The van der Waals surface area contributed by atoms with Crippen LogP contribution in [0.4, 0.5) is 0 Å². The summed E-state index contributed by atoms with van der Waals surface area (Å²) in [6.45, 7) is 0. The molecule has 0 N–H and O–H groups in total. The van der Waals surface area contributed by atoms with Crippen LogP contribution in [0.2, 0.25) is 0 Å². The molecule has 0 unspecified atom stereocenters. The van der Waals surface area contributed by atoms with E-state index in [2.05, 4.69) is 0 Å². The van der Waals surface area contributed by atoms with E-state index in [-0.39, 0.29) is 68.3 Å². The standard InChI is InChI=1S/4Cu.4H2O4S/c;;;;4*1-5(2,3)4/h;;;;4*(H2,1,2,3,4)/q4*+2;;;;/p-8. The average Bonchev–Trinajstić information content (AvgIpc) is 1.62. The molecule has 0 aliphatic carbocycles. The second-order valence-corrected chi connectivity index (χ2v) is 4.90. The summed E-state index contributed by atoms with van der Waals surface area (Å²) in [5.74, 6) is 0. The Balaban J connectivity index is -0.0000000225. The van der Waals surface area contributed by atoms with Crippen molar-refractivity contribution in [3.05, 3.63) is 0 Å². The largest absolute Gasteiger partial charge is 2.00 e. The Hall–Kier alpha value is 1.56. The van der Waals surface area contributed by atoms with Gasteiger partial charge in [-0.2, -0.15) is 0 Å². The summed E-state index contributed by atoms with van der Waals surface area (Å²) in [6, 6.07) is 0. The fourth-order valence-corrected chi connectivity index (χ4v) is 0. The van der Waals surface area contributed by atoms with Gasteiger partial charge in [0.1, 0.15) is 0 Å². The van der Waals surface area contributed by atoms with Crippen LogP contribution in [-0.2, 0) is 110 Å². The van der Waals surface area contributed by atoms with Gasteiger partial charge in [-0.25, -0.2) is 0 Å². The topological polar surface area (TPSA) is 321 Å². The maximum Gasteiger partial charge on any atom is 2.00 e. The van der Waals surface area contributed by atoms with Crippen molar-refractivity contribution in [3.8, 4) is 0 Å². The molecule has 0 aromatic heterocycles. The summed E-state index contributed by atoms with van der Waals surface area (Å²) in [7, 11) is -20.7. The molecule has 24 heavy (non-hydrogen) atoms. The molecule has 0 aromatic carbocycles. The molecule has 24 heteroatoms. The van der Waals surface area contributed by atoms with Crippen molar-refractivity contribution in [1.82, 2.24) is 0 Å². The van der Waals surface area contributed by atoms with Gasteiger partial charge in [0, 0.05) is 41.6 Å².